The maximum atomic E-state index is 11.8. The molecule has 1 aromatic heterocycles. The van der Waals surface area contributed by atoms with Crippen molar-refractivity contribution >= 4 is 16.1 Å². The van der Waals surface area contributed by atoms with Crippen molar-refractivity contribution in [2.75, 3.05) is 13.7 Å². The Balaban J connectivity index is 1.76. The molecule has 0 saturated carbocycles. The van der Waals surface area contributed by atoms with Crippen LogP contribution in [-0.4, -0.2) is 37.7 Å². The minimum Gasteiger partial charge on any atom is -0.464 e. The number of ether oxygens (including phenoxy) is 1. The predicted molar refractivity (Wildman–Crippen MR) is 83.2 cm³/mol. The molecule has 0 aliphatic rings. The van der Waals surface area contributed by atoms with Gasteiger partial charge in [-0.3, -0.25) is 4.18 Å². The Morgan fingerprint density at radius 1 is 1.26 bits per heavy atom. The highest BCUT2D eigenvalue weighted by molar-refractivity contribution is 7.85. The Hall–Kier alpha value is -2.19. The number of esters is 1. The molecule has 0 aliphatic carbocycles. The molecular weight excluding hydrogens is 320 g/mol. The summed E-state index contributed by atoms with van der Waals surface area (Å²) in [7, 11) is -2.32. The van der Waals surface area contributed by atoms with Crippen LogP contribution in [-0.2, 0) is 31.3 Å². The van der Waals surface area contributed by atoms with Crippen molar-refractivity contribution in [3.63, 3.8) is 0 Å². The van der Waals surface area contributed by atoms with Crippen molar-refractivity contribution in [3.05, 3.63) is 54.1 Å². The van der Waals surface area contributed by atoms with Gasteiger partial charge in [-0.15, -0.1) is 0 Å². The molecule has 0 amide bonds. The minimum absolute atomic E-state index is 0.0703. The van der Waals surface area contributed by atoms with Crippen molar-refractivity contribution in [3.8, 4) is 0 Å². The number of hydrogen-bond donors (Lipinski definition) is 0. The SMILES string of the molecule is COC(=O)c1cn(CCCOS(=O)(=O)Cc2ccccc2)cn1. The van der Waals surface area contributed by atoms with Crippen molar-refractivity contribution in [1.29, 1.82) is 0 Å². The van der Waals surface area contributed by atoms with E-state index in [1.165, 1.54) is 13.4 Å². The smallest absolute Gasteiger partial charge is 0.358 e. The van der Waals surface area contributed by atoms with Gasteiger partial charge in [0, 0.05) is 12.7 Å². The van der Waals surface area contributed by atoms with Gasteiger partial charge >= 0.3 is 5.97 Å². The van der Waals surface area contributed by atoms with Crippen LogP contribution in [0.25, 0.3) is 0 Å². The van der Waals surface area contributed by atoms with Crippen LogP contribution in [0, 0.1) is 0 Å². The number of aryl methyl sites for hydroxylation is 1. The first-order chi connectivity index (χ1) is 11.0. The summed E-state index contributed by atoms with van der Waals surface area (Å²) in [5.41, 5.74) is 0.898. The summed E-state index contributed by atoms with van der Waals surface area (Å²) in [6.45, 7) is 0.561. The van der Waals surface area contributed by atoms with E-state index in [2.05, 4.69) is 9.72 Å². The summed E-state index contributed by atoms with van der Waals surface area (Å²) < 4.78 is 34.9. The van der Waals surface area contributed by atoms with Crippen LogP contribution in [0.3, 0.4) is 0 Å². The summed E-state index contributed by atoms with van der Waals surface area (Å²) in [5.74, 6) is -0.656. The van der Waals surface area contributed by atoms with E-state index in [1.807, 2.05) is 6.07 Å². The van der Waals surface area contributed by atoms with Crippen LogP contribution in [0.4, 0.5) is 0 Å². The lowest BCUT2D eigenvalue weighted by molar-refractivity contribution is 0.0594. The normalized spacial score (nSPS) is 11.3. The molecule has 2 rings (SSSR count). The maximum Gasteiger partial charge on any atom is 0.358 e. The van der Waals surface area contributed by atoms with Gasteiger partial charge in [0.15, 0.2) is 5.69 Å². The number of carbonyl (C=O) groups is 1. The number of hydrogen-bond acceptors (Lipinski definition) is 6. The van der Waals surface area contributed by atoms with E-state index in [1.54, 1.807) is 35.0 Å². The third-order valence-electron chi connectivity index (χ3n) is 3.04. The van der Waals surface area contributed by atoms with Crippen molar-refractivity contribution in [2.24, 2.45) is 0 Å². The molecule has 0 atom stereocenters. The van der Waals surface area contributed by atoms with Crippen LogP contribution in [0.2, 0.25) is 0 Å². The number of benzene rings is 1. The Kier molecular flexibility index (Phi) is 5.89. The van der Waals surface area contributed by atoms with Gasteiger partial charge in [0.2, 0.25) is 0 Å². The van der Waals surface area contributed by atoms with E-state index in [0.29, 0.717) is 18.5 Å². The van der Waals surface area contributed by atoms with E-state index >= 15 is 0 Å². The number of nitrogens with zero attached hydrogens (tertiary/aromatic N) is 2. The summed E-state index contributed by atoms with van der Waals surface area (Å²) in [4.78, 5) is 15.2. The van der Waals surface area contributed by atoms with Crippen molar-refractivity contribution < 1.29 is 22.1 Å². The summed E-state index contributed by atoms with van der Waals surface area (Å²) in [6.07, 6.45) is 3.51. The molecule has 0 unspecified atom stereocenters. The number of aromatic nitrogens is 2. The number of methoxy groups -OCH3 is 1. The largest absolute Gasteiger partial charge is 0.464 e. The number of carbonyl (C=O) groups excluding carboxylic acids is 1. The molecule has 0 fully saturated rings. The number of rotatable bonds is 8. The standard InChI is InChI=1S/C15H18N2O5S/c1-21-15(18)14-10-17(12-16-14)8-5-9-22-23(19,20)11-13-6-3-2-4-7-13/h2-4,6-7,10,12H,5,8-9,11H2,1H3. The molecule has 0 bridgehead atoms. The lowest BCUT2D eigenvalue weighted by Crippen LogP contribution is -2.11. The van der Waals surface area contributed by atoms with Crippen LogP contribution < -0.4 is 0 Å². The zero-order valence-corrected chi connectivity index (χ0v) is 13.5. The third-order valence-corrected chi connectivity index (χ3v) is 4.25. The minimum atomic E-state index is -3.60. The molecule has 0 aliphatic heterocycles. The highest BCUT2D eigenvalue weighted by Gasteiger charge is 2.12. The molecule has 2 aromatic rings. The second-order valence-electron chi connectivity index (χ2n) is 4.85. The summed E-state index contributed by atoms with van der Waals surface area (Å²) >= 11 is 0. The fourth-order valence-electron chi connectivity index (χ4n) is 1.95. The van der Waals surface area contributed by atoms with Crippen LogP contribution in [0.15, 0.2) is 42.9 Å². The van der Waals surface area contributed by atoms with Gasteiger partial charge in [-0.05, 0) is 12.0 Å². The Morgan fingerprint density at radius 2 is 2.00 bits per heavy atom. The van der Waals surface area contributed by atoms with E-state index in [4.69, 9.17) is 4.18 Å². The third kappa shape index (κ3) is 5.50. The van der Waals surface area contributed by atoms with Crippen LogP contribution in [0.1, 0.15) is 22.5 Å². The molecule has 8 heteroatoms. The number of imidazole rings is 1. The zero-order chi connectivity index (χ0) is 16.7. The molecule has 0 N–H and O–H groups in total. The maximum absolute atomic E-state index is 11.8. The zero-order valence-electron chi connectivity index (χ0n) is 12.7. The first-order valence-corrected chi connectivity index (χ1v) is 8.59. The van der Waals surface area contributed by atoms with Gasteiger partial charge < -0.3 is 9.30 Å². The second kappa shape index (κ2) is 7.89. The van der Waals surface area contributed by atoms with Crippen LogP contribution >= 0.6 is 0 Å². The topological polar surface area (TPSA) is 87.5 Å². The Morgan fingerprint density at radius 3 is 2.70 bits per heavy atom. The van der Waals surface area contributed by atoms with Gasteiger partial charge in [0.1, 0.15) is 5.75 Å². The first kappa shape index (κ1) is 17.2. The lowest BCUT2D eigenvalue weighted by Gasteiger charge is -2.06. The van der Waals surface area contributed by atoms with Gasteiger partial charge in [-0.25, -0.2) is 9.78 Å². The molecule has 1 aromatic carbocycles. The van der Waals surface area contributed by atoms with Gasteiger partial charge in [-0.1, -0.05) is 30.3 Å². The monoisotopic (exact) mass is 338 g/mol. The average molecular weight is 338 g/mol. The summed E-state index contributed by atoms with van der Waals surface area (Å²) in [6, 6.07) is 8.86. The fourth-order valence-corrected chi connectivity index (χ4v) is 3.00. The molecule has 1 heterocycles. The van der Waals surface area contributed by atoms with Gasteiger partial charge in [0.05, 0.1) is 20.0 Å². The van der Waals surface area contributed by atoms with E-state index in [0.717, 1.165) is 0 Å². The van der Waals surface area contributed by atoms with Crippen molar-refractivity contribution in [1.82, 2.24) is 9.55 Å². The first-order valence-electron chi connectivity index (χ1n) is 7.01. The molecule has 23 heavy (non-hydrogen) atoms. The molecule has 0 saturated heterocycles. The predicted octanol–water partition coefficient (Wildman–Crippen LogP) is 1.61. The molecule has 7 nitrogen and oxygen atoms in total. The van der Waals surface area contributed by atoms with Crippen molar-refractivity contribution in [2.45, 2.75) is 18.7 Å². The molecule has 124 valence electrons. The highest BCUT2D eigenvalue weighted by atomic mass is 32.2. The van der Waals surface area contributed by atoms with E-state index < -0.39 is 16.1 Å². The van der Waals surface area contributed by atoms with Gasteiger partial charge in [0.25, 0.3) is 10.1 Å². The Labute approximate surface area is 135 Å². The second-order valence-corrected chi connectivity index (χ2v) is 6.49. The fraction of sp³-hybridized carbons (Fsp3) is 0.333. The molecule has 0 radical (unpaired) electrons. The van der Waals surface area contributed by atoms with E-state index in [-0.39, 0.29) is 18.1 Å². The summed E-state index contributed by atoms with van der Waals surface area (Å²) in [5, 5.41) is 0. The average Bonchev–Trinajstić information content (AvgIpc) is 3.00. The molecular formula is C15H18N2O5S. The highest BCUT2D eigenvalue weighted by Crippen LogP contribution is 2.08. The lowest BCUT2D eigenvalue weighted by atomic mass is 10.2. The molecule has 0 spiro atoms. The van der Waals surface area contributed by atoms with Gasteiger partial charge in [-0.2, -0.15) is 8.42 Å². The quantitative estimate of drug-likeness (QED) is 0.413. The van der Waals surface area contributed by atoms with E-state index in [9.17, 15) is 13.2 Å². The Bertz CT molecular complexity index is 740. The van der Waals surface area contributed by atoms with Crippen LogP contribution in [0.5, 0.6) is 0 Å².